The maximum atomic E-state index is 12.2. The molecular weight excluding hydrogens is 274 g/mol. The van der Waals surface area contributed by atoms with Crippen molar-refractivity contribution in [2.24, 2.45) is 0 Å². The number of benzene rings is 1. The van der Waals surface area contributed by atoms with E-state index < -0.39 is 0 Å². The molecule has 1 amide bonds. The molecular formula is C14H11N3O2S. The molecule has 3 aromatic rings. The van der Waals surface area contributed by atoms with E-state index >= 15 is 0 Å². The van der Waals surface area contributed by atoms with Crippen LogP contribution in [0.2, 0.25) is 0 Å². The molecule has 0 bridgehead atoms. The lowest BCUT2D eigenvalue weighted by molar-refractivity contribution is 0.102. The van der Waals surface area contributed by atoms with Gasteiger partial charge in [-0.15, -0.1) is 11.3 Å². The second kappa shape index (κ2) is 5.26. The zero-order chi connectivity index (χ0) is 13.9. The fourth-order valence-electron chi connectivity index (χ4n) is 1.80. The number of ether oxygens (including phenoxy) is 1. The average molecular weight is 285 g/mol. The lowest BCUT2D eigenvalue weighted by Gasteiger charge is -2.06. The molecule has 0 unspecified atom stereocenters. The zero-order valence-corrected chi connectivity index (χ0v) is 11.5. The second-order valence-electron chi connectivity index (χ2n) is 4.08. The fourth-order valence-corrected chi connectivity index (χ4v) is 2.51. The van der Waals surface area contributed by atoms with E-state index in [-0.39, 0.29) is 5.91 Å². The van der Waals surface area contributed by atoms with Crippen LogP contribution in [0.25, 0.3) is 10.2 Å². The van der Waals surface area contributed by atoms with Gasteiger partial charge in [0.2, 0.25) is 5.88 Å². The molecule has 0 saturated heterocycles. The van der Waals surface area contributed by atoms with Gasteiger partial charge in [0.1, 0.15) is 0 Å². The summed E-state index contributed by atoms with van der Waals surface area (Å²) in [4.78, 5) is 20.4. The van der Waals surface area contributed by atoms with Crippen LogP contribution in [-0.4, -0.2) is 23.0 Å². The van der Waals surface area contributed by atoms with Crippen LogP contribution >= 0.6 is 11.3 Å². The number of carbonyl (C=O) groups excluding carboxylic acids is 1. The Hall–Kier alpha value is -2.47. The van der Waals surface area contributed by atoms with Gasteiger partial charge in [0, 0.05) is 23.5 Å². The average Bonchev–Trinajstić information content (AvgIpc) is 2.94. The van der Waals surface area contributed by atoms with Crippen molar-refractivity contribution in [1.82, 2.24) is 9.97 Å². The molecule has 6 heteroatoms. The minimum Gasteiger partial charge on any atom is -0.481 e. The van der Waals surface area contributed by atoms with Crippen LogP contribution in [0.15, 0.2) is 42.0 Å². The summed E-state index contributed by atoms with van der Waals surface area (Å²) in [5.74, 6) is 0.286. The summed E-state index contributed by atoms with van der Waals surface area (Å²) in [5, 5.41) is 2.82. The minimum atomic E-state index is -0.173. The Bertz CT molecular complexity index is 770. The molecule has 0 aliphatic carbocycles. The number of fused-ring (bicyclic) bond motifs is 1. The van der Waals surface area contributed by atoms with E-state index in [4.69, 9.17) is 4.74 Å². The molecule has 0 radical (unpaired) electrons. The van der Waals surface area contributed by atoms with Crippen molar-refractivity contribution in [3.05, 3.63) is 47.6 Å². The molecule has 1 N–H and O–H groups in total. The number of thiazole rings is 1. The highest BCUT2D eigenvalue weighted by molar-refractivity contribution is 7.16. The number of hydrogen-bond acceptors (Lipinski definition) is 5. The number of methoxy groups -OCH3 is 1. The Labute approximate surface area is 119 Å². The van der Waals surface area contributed by atoms with Crippen LogP contribution < -0.4 is 10.1 Å². The van der Waals surface area contributed by atoms with E-state index in [0.717, 1.165) is 10.2 Å². The molecule has 0 aliphatic rings. The van der Waals surface area contributed by atoms with Gasteiger partial charge in [-0.2, -0.15) is 0 Å². The Morgan fingerprint density at radius 2 is 2.15 bits per heavy atom. The van der Waals surface area contributed by atoms with Crippen LogP contribution in [0.5, 0.6) is 5.88 Å². The van der Waals surface area contributed by atoms with Gasteiger partial charge in [-0.05, 0) is 24.3 Å². The van der Waals surface area contributed by atoms with E-state index in [0.29, 0.717) is 17.1 Å². The summed E-state index contributed by atoms with van der Waals surface area (Å²) in [6.45, 7) is 0. The van der Waals surface area contributed by atoms with Gasteiger partial charge >= 0.3 is 0 Å². The summed E-state index contributed by atoms with van der Waals surface area (Å²) in [6.07, 6.45) is 1.58. The molecule has 5 nitrogen and oxygen atoms in total. The van der Waals surface area contributed by atoms with E-state index in [1.807, 2.05) is 12.1 Å². The molecule has 3 rings (SSSR count). The molecule has 1 aromatic carbocycles. The molecule has 20 heavy (non-hydrogen) atoms. The number of nitrogens with one attached hydrogen (secondary N) is 1. The standard InChI is InChI=1S/C14H11N3O2S/c1-19-13-7-10(4-5-15-13)17-14(18)9-2-3-11-12(6-9)20-8-16-11/h2-8H,1H3,(H,15,17,18). The molecule has 0 fully saturated rings. The number of carbonyl (C=O) groups is 1. The first kappa shape index (κ1) is 12.6. The maximum Gasteiger partial charge on any atom is 0.255 e. The third-order valence-corrected chi connectivity index (χ3v) is 3.59. The summed E-state index contributed by atoms with van der Waals surface area (Å²) >= 11 is 1.51. The SMILES string of the molecule is COc1cc(NC(=O)c2ccc3ncsc3c2)ccn1. The second-order valence-corrected chi connectivity index (χ2v) is 4.96. The van der Waals surface area contributed by atoms with Crippen LogP contribution in [0.1, 0.15) is 10.4 Å². The van der Waals surface area contributed by atoms with Gasteiger partial charge < -0.3 is 10.1 Å². The van der Waals surface area contributed by atoms with Gasteiger partial charge in [0.15, 0.2) is 0 Å². The number of nitrogens with zero attached hydrogens (tertiary/aromatic N) is 2. The molecule has 0 aliphatic heterocycles. The van der Waals surface area contributed by atoms with Crippen molar-refractivity contribution in [3.8, 4) is 5.88 Å². The highest BCUT2D eigenvalue weighted by Crippen LogP contribution is 2.20. The van der Waals surface area contributed by atoms with Gasteiger partial charge in [-0.1, -0.05) is 0 Å². The van der Waals surface area contributed by atoms with E-state index in [9.17, 15) is 4.79 Å². The molecule has 100 valence electrons. The highest BCUT2D eigenvalue weighted by atomic mass is 32.1. The summed E-state index contributed by atoms with van der Waals surface area (Å²) in [5.41, 5.74) is 3.90. The predicted octanol–water partition coefficient (Wildman–Crippen LogP) is 2.95. The van der Waals surface area contributed by atoms with Crippen LogP contribution in [0, 0.1) is 0 Å². The predicted molar refractivity (Wildman–Crippen MR) is 78.4 cm³/mol. The topological polar surface area (TPSA) is 64.1 Å². The third kappa shape index (κ3) is 2.46. The van der Waals surface area contributed by atoms with E-state index in [1.54, 1.807) is 29.9 Å². The highest BCUT2D eigenvalue weighted by Gasteiger charge is 2.08. The minimum absolute atomic E-state index is 0.173. The summed E-state index contributed by atoms with van der Waals surface area (Å²) in [7, 11) is 1.53. The van der Waals surface area contributed by atoms with E-state index in [2.05, 4.69) is 15.3 Å². The fraction of sp³-hybridized carbons (Fsp3) is 0.0714. The van der Waals surface area contributed by atoms with Crippen molar-refractivity contribution >= 4 is 33.1 Å². The van der Waals surface area contributed by atoms with Gasteiger partial charge in [0.05, 0.1) is 22.8 Å². The normalized spacial score (nSPS) is 10.4. The van der Waals surface area contributed by atoms with Crippen molar-refractivity contribution in [2.45, 2.75) is 0 Å². The molecule has 2 aromatic heterocycles. The quantitative estimate of drug-likeness (QED) is 0.803. The number of anilines is 1. The van der Waals surface area contributed by atoms with Crippen molar-refractivity contribution in [1.29, 1.82) is 0 Å². The molecule has 2 heterocycles. The Kier molecular flexibility index (Phi) is 3.30. The Morgan fingerprint density at radius 3 is 3.00 bits per heavy atom. The van der Waals surface area contributed by atoms with Gasteiger partial charge in [-0.25, -0.2) is 9.97 Å². The van der Waals surface area contributed by atoms with Crippen LogP contribution in [-0.2, 0) is 0 Å². The first-order chi connectivity index (χ1) is 9.76. The van der Waals surface area contributed by atoms with Gasteiger partial charge in [0.25, 0.3) is 5.91 Å². The number of hydrogen-bond donors (Lipinski definition) is 1. The zero-order valence-electron chi connectivity index (χ0n) is 10.7. The van der Waals surface area contributed by atoms with Gasteiger partial charge in [-0.3, -0.25) is 4.79 Å². The van der Waals surface area contributed by atoms with Crippen LogP contribution in [0.3, 0.4) is 0 Å². The summed E-state index contributed by atoms with van der Waals surface area (Å²) < 4.78 is 6.01. The first-order valence-corrected chi connectivity index (χ1v) is 6.79. The first-order valence-electron chi connectivity index (χ1n) is 5.91. The number of amides is 1. The third-order valence-electron chi connectivity index (χ3n) is 2.80. The maximum absolute atomic E-state index is 12.2. The largest absolute Gasteiger partial charge is 0.481 e. The number of aromatic nitrogens is 2. The lowest BCUT2D eigenvalue weighted by atomic mass is 10.2. The summed E-state index contributed by atoms with van der Waals surface area (Å²) in [6, 6.07) is 8.82. The Balaban J connectivity index is 1.84. The van der Waals surface area contributed by atoms with Crippen molar-refractivity contribution in [3.63, 3.8) is 0 Å². The van der Waals surface area contributed by atoms with Crippen molar-refractivity contribution < 1.29 is 9.53 Å². The molecule has 0 atom stereocenters. The van der Waals surface area contributed by atoms with E-state index in [1.165, 1.54) is 18.4 Å². The molecule has 0 spiro atoms. The van der Waals surface area contributed by atoms with Crippen LogP contribution in [0.4, 0.5) is 5.69 Å². The Morgan fingerprint density at radius 1 is 1.25 bits per heavy atom. The lowest BCUT2D eigenvalue weighted by Crippen LogP contribution is -2.11. The van der Waals surface area contributed by atoms with Crippen molar-refractivity contribution in [2.75, 3.05) is 12.4 Å². The number of rotatable bonds is 3. The molecule has 0 saturated carbocycles. The number of pyridine rings is 1. The monoisotopic (exact) mass is 285 g/mol. The smallest absolute Gasteiger partial charge is 0.255 e.